The second kappa shape index (κ2) is 5.14. The Morgan fingerprint density at radius 1 is 1.75 bits per heavy atom. The fraction of sp³-hybridized carbons (Fsp3) is 0.545. The SMILES string of the molecule is C/C(=C\CN)CNc1ccnn1C1CNC1. The minimum absolute atomic E-state index is 0.497. The maximum absolute atomic E-state index is 5.46. The molecule has 0 amide bonds. The predicted octanol–water partition coefficient (Wildman–Crippen LogP) is 0.344. The van der Waals surface area contributed by atoms with Gasteiger partial charge in [0.15, 0.2) is 0 Å². The highest BCUT2D eigenvalue weighted by Gasteiger charge is 2.21. The number of nitrogens with zero attached hydrogens (tertiary/aromatic N) is 2. The number of anilines is 1. The van der Waals surface area contributed by atoms with Crippen molar-refractivity contribution in [3.63, 3.8) is 0 Å². The van der Waals surface area contributed by atoms with Gasteiger partial charge in [-0.1, -0.05) is 11.6 Å². The van der Waals surface area contributed by atoms with Gasteiger partial charge in [-0.15, -0.1) is 0 Å². The Morgan fingerprint density at radius 2 is 2.56 bits per heavy atom. The summed E-state index contributed by atoms with van der Waals surface area (Å²) in [6.45, 7) is 5.51. The Hall–Kier alpha value is -1.33. The Kier molecular flexibility index (Phi) is 3.58. The van der Waals surface area contributed by atoms with E-state index in [1.807, 2.05) is 23.0 Å². The molecule has 1 aliphatic heterocycles. The van der Waals surface area contributed by atoms with Crippen molar-refractivity contribution in [3.05, 3.63) is 23.9 Å². The summed E-state index contributed by atoms with van der Waals surface area (Å²) in [5.41, 5.74) is 6.71. The van der Waals surface area contributed by atoms with E-state index in [0.29, 0.717) is 12.6 Å². The van der Waals surface area contributed by atoms with Gasteiger partial charge in [0.2, 0.25) is 0 Å². The quantitative estimate of drug-likeness (QED) is 0.627. The van der Waals surface area contributed by atoms with E-state index in [4.69, 9.17) is 5.73 Å². The maximum atomic E-state index is 5.46. The van der Waals surface area contributed by atoms with E-state index >= 15 is 0 Å². The van der Waals surface area contributed by atoms with E-state index in [0.717, 1.165) is 25.5 Å². The minimum atomic E-state index is 0.497. The third-order valence-electron chi connectivity index (χ3n) is 2.79. The van der Waals surface area contributed by atoms with Crippen LogP contribution < -0.4 is 16.4 Å². The van der Waals surface area contributed by atoms with Gasteiger partial charge >= 0.3 is 0 Å². The predicted molar refractivity (Wildman–Crippen MR) is 65.4 cm³/mol. The average Bonchev–Trinajstić information content (AvgIpc) is 2.61. The molecule has 0 radical (unpaired) electrons. The highest BCUT2D eigenvalue weighted by Crippen LogP contribution is 2.17. The van der Waals surface area contributed by atoms with Crippen LogP contribution in [0.25, 0.3) is 0 Å². The molecular weight excluding hydrogens is 202 g/mol. The molecule has 5 nitrogen and oxygen atoms in total. The normalized spacial score (nSPS) is 17.2. The number of rotatable bonds is 5. The van der Waals surface area contributed by atoms with Crippen LogP contribution in [0.5, 0.6) is 0 Å². The first-order valence-corrected chi connectivity index (χ1v) is 5.65. The lowest BCUT2D eigenvalue weighted by atomic mass is 10.2. The summed E-state index contributed by atoms with van der Waals surface area (Å²) in [4.78, 5) is 0. The number of nitrogens with one attached hydrogen (secondary N) is 2. The Bertz CT molecular complexity index is 364. The van der Waals surface area contributed by atoms with E-state index in [9.17, 15) is 0 Å². The van der Waals surface area contributed by atoms with Gasteiger partial charge in [0, 0.05) is 32.2 Å². The van der Waals surface area contributed by atoms with Gasteiger partial charge in [-0.05, 0) is 6.92 Å². The molecule has 1 saturated heterocycles. The second-order valence-electron chi connectivity index (χ2n) is 4.11. The summed E-state index contributed by atoms with van der Waals surface area (Å²) in [7, 11) is 0. The lowest BCUT2D eigenvalue weighted by Crippen LogP contribution is -2.44. The molecule has 1 aromatic heterocycles. The summed E-state index contributed by atoms with van der Waals surface area (Å²) < 4.78 is 2.05. The van der Waals surface area contributed by atoms with Crippen LogP contribution in [0.1, 0.15) is 13.0 Å². The van der Waals surface area contributed by atoms with Crippen molar-refractivity contribution in [2.45, 2.75) is 13.0 Å². The van der Waals surface area contributed by atoms with Crippen molar-refractivity contribution in [1.82, 2.24) is 15.1 Å². The maximum Gasteiger partial charge on any atom is 0.124 e. The average molecular weight is 221 g/mol. The molecular formula is C11H19N5. The van der Waals surface area contributed by atoms with Gasteiger partial charge in [0.1, 0.15) is 5.82 Å². The van der Waals surface area contributed by atoms with Crippen molar-refractivity contribution in [2.75, 3.05) is 31.5 Å². The summed E-state index contributed by atoms with van der Waals surface area (Å²) in [6, 6.07) is 2.50. The number of nitrogens with two attached hydrogens (primary N) is 1. The minimum Gasteiger partial charge on any atom is -0.367 e. The first-order valence-electron chi connectivity index (χ1n) is 5.65. The summed E-state index contributed by atoms with van der Waals surface area (Å²) in [5.74, 6) is 1.08. The van der Waals surface area contributed by atoms with Crippen molar-refractivity contribution in [3.8, 4) is 0 Å². The van der Waals surface area contributed by atoms with Crippen molar-refractivity contribution < 1.29 is 0 Å². The molecule has 2 heterocycles. The Morgan fingerprint density at radius 3 is 3.19 bits per heavy atom. The molecule has 4 N–H and O–H groups in total. The number of aromatic nitrogens is 2. The van der Waals surface area contributed by atoms with Crippen molar-refractivity contribution in [1.29, 1.82) is 0 Å². The van der Waals surface area contributed by atoms with E-state index in [1.165, 1.54) is 5.57 Å². The summed E-state index contributed by atoms with van der Waals surface area (Å²) in [6.07, 6.45) is 3.86. The number of hydrogen-bond acceptors (Lipinski definition) is 4. The van der Waals surface area contributed by atoms with Gasteiger partial charge in [-0.3, -0.25) is 0 Å². The van der Waals surface area contributed by atoms with Gasteiger partial charge in [0.05, 0.1) is 12.2 Å². The molecule has 2 rings (SSSR count). The van der Waals surface area contributed by atoms with Gasteiger partial charge in [-0.25, -0.2) is 4.68 Å². The van der Waals surface area contributed by atoms with Crippen molar-refractivity contribution >= 4 is 5.82 Å². The van der Waals surface area contributed by atoms with E-state index in [2.05, 4.69) is 22.7 Å². The summed E-state index contributed by atoms with van der Waals surface area (Å²) >= 11 is 0. The third kappa shape index (κ3) is 2.43. The largest absolute Gasteiger partial charge is 0.367 e. The molecule has 0 saturated carbocycles. The molecule has 0 spiro atoms. The molecule has 0 atom stereocenters. The summed E-state index contributed by atoms with van der Waals surface area (Å²) in [5, 5.41) is 11.0. The van der Waals surface area contributed by atoms with E-state index in [-0.39, 0.29) is 0 Å². The molecule has 0 aromatic carbocycles. The first kappa shape index (κ1) is 11.2. The van der Waals surface area contributed by atoms with Crippen LogP contribution in [0.4, 0.5) is 5.82 Å². The van der Waals surface area contributed by atoms with Crippen LogP contribution in [-0.2, 0) is 0 Å². The Balaban J connectivity index is 1.93. The van der Waals surface area contributed by atoms with Crippen LogP contribution in [0.15, 0.2) is 23.9 Å². The molecule has 0 unspecified atom stereocenters. The van der Waals surface area contributed by atoms with E-state index in [1.54, 1.807) is 0 Å². The van der Waals surface area contributed by atoms with E-state index < -0.39 is 0 Å². The topological polar surface area (TPSA) is 67.9 Å². The second-order valence-corrected chi connectivity index (χ2v) is 4.11. The molecule has 1 aromatic rings. The van der Waals surface area contributed by atoms with Crippen molar-refractivity contribution in [2.24, 2.45) is 5.73 Å². The monoisotopic (exact) mass is 221 g/mol. The van der Waals surface area contributed by atoms with Crippen LogP contribution in [0, 0.1) is 0 Å². The molecule has 1 fully saturated rings. The zero-order valence-electron chi connectivity index (χ0n) is 9.61. The van der Waals surface area contributed by atoms with Crippen LogP contribution in [0.2, 0.25) is 0 Å². The van der Waals surface area contributed by atoms with Gasteiger partial charge in [0.25, 0.3) is 0 Å². The zero-order chi connectivity index (χ0) is 11.4. The molecule has 88 valence electrons. The molecule has 5 heteroatoms. The standard InChI is InChI=1S/C11H19N5/c1-9(2-4-12)6-14-11-3-5-15-16(11)10-7-13-8-10/h2-3,5,10,13-14H,4,6-8,12H2,1H3/b9-2+. The lowest BCUT2D eigenvalue weighted by Gasteiger charge is -2.29. The first-order chi connectivity index (χ1) is 7.81. The van der Waals surface area contributed by atoms with Crippen LogP contribution in [0.3, 0.4) is 0 Å². The molecule has 16 heavy (non-hydrogen) atoms. The lowest BCUT2D eigenvalue weighted by molar-refractivity contribution is 0.321. The number of hydrogen-bond donors (Lipinski definition) is 3. The van der Waals surface area contributed by atoms with Crippen LogP contribution in [-0.4, -0.2) is 36.0 Å². The fourth-order valence-corrected chi connectivity index (χ4v) is 1.69. The molecule has 0 aliphatic carbocycles. The highest BCUT2D eigenvalue weighted by atomic mass is 15.4. The molecule has 0 bridgehead atoms. The Labute approximate surface area is 95.7 Å². The third-order valence-corrected chi connectivity index (χ3v) is 2.79. The van der Waals surface area contributed by atoms with Gasteiger partial charge in [-0.2, -0.15) is 5.10 Å². The van der Waals surface area contributed by atoms with Crippen LogP contribution >= 0.6 is 0 Å². The van der Waals surface area contributed by atoms with Gasteiger partial charge < -0.3 is 16.4 Å². The zero-order valence-corrected chi connectivity index (χ0v) is 9.61. The molecule has 1 aliphatic rings. The smallest absolute Gasteiger partial charge is 0.124 e. The highest BCUT2D eigenvalue weighted by molar-refractivity contribution is 5.36. The fourth-order valence-electron chi connectivity index (χ4n) is 1.69.